The highest BCUT2D eigenvalue weighted by molar-refractivity contribution is 5.40. The fourth-order valence-electron chi connectivity index (χ4n) is 5.31. The summed E-state index contributed by atoms with van der Waals surface area (Å²) in [6, 6.07) is 35.7. The molecule has 2 atom stereocenters. The minimum absolute atomic E-state index is 0.135. The van der Waals surface area contributed by atoms with Crippen molar-refractivity contribution in [1.29, 1.82) is 0 Å². The van der Waals surface area contributed by atoms with Crippen LogP contribution in [0.1, 0.15) is 33.9 Å². The molecule has 1 aliphatic rings. The molecule has 0 aliphatic carbocycles. The van der Waals surface area contributed by atoms with Gasteiger partial charge in [-0.05, 0) is 65.3 Å². The number of nitrogens with zero attached hydrogens (tertiary/aromatic N) is 1. The highest BCUT2D eigenvalue weighted by atomic mass is 16.5. The average molecular weight is 494 g/mol. The number of hydrogen-bond acceptors (Lipinski definition) is 4. The second kappa shape index (κ2) is 12.1. The van der Waals surface area contributed by atoms with Gasteiger partial charge < -0.3 is 14.6 Å². The Morgan fingerprint density at radius 1 is 0.865 bits per heavy atom. The van der Waals surface area contributed by atoms with Crippen molar-refractivity contribution in [2.24, 2.45) is 0 Å². The second-order valence-corrected chi connectivity index (χ2v) is 9.68. The second-order valence-electron chi connectivity index (χ2n) is 9.68. The van der Waals surface area contributed by atoms with Crippen LogP contribution in [0, 0.1) is 0 Å². The molecule has 1 unspecified atom stereocenters. The highest BCUT2D eigenvalue weighted by Crippen LogP contribution is 2.35. The lowest BCUT2D eigenvalue weighted by Crippen LogP contribution is -2.42. The van der Waals surface area contributed by atoms with Gasteiger partial charge in [0.1, 0.15) is 24.2 Å². The number of aliphatic hydroxyl groups is 1. The fourth-order valence-corrected chi connectivity index (χ4v) is 5.31. The predicted molar refractivity (Wildman–Crippen MR) is 148 cm³/mol. The van der Waals surface area contributed by atoms with Gasteiger partial charge in [-0.15, -0.1) is 0 Å². The van der Waals surface area contributed by atoms with Gasteiger partial charge in [0.15, 0.2) is 0 Å². The first kappa shape index (κ1) is 25.1. The van der Waals surface area contributed by atoms with Crippen molar-refractivity contribution in [1.82, 2.24) is 4.90 Å². The van der Waals surface area contributed by atoms with Crippen LogP contribution in [0.15, 0.2) is 103 Å². The zero-order chi connectivity index (χ0) is 25.5. The first-order chi connectivity index (χ1) is 18.2. The van der Waals surface area contributed by atoms with Gasteiger partial charge in [0.05, 0.1) is 13.2 Å². The number of methoxy groups -OCH3 is 1. The minimum atomic E-state index is -0.595. The number of β-amino-alcohol motifs (C(OH)–C–C–N with tert-alkyl or cyclic N) is 1. The van der Waals surface area contributed by atoms with Gasteiger partial charge in [-0.3, -0.25) is 4.90 Å². The Hall–Kier alpha value is -3.60. The normalized spacial score (nSPS) is 16.1. The molecule has 4 heteroatoms. The SMILES string of the molecule is COc1cccc(CCc2ccccc2OCC(O)CN2CCc3ccccc3[C@@H]2c2ccccc2)c1. The Bertz CT molecular complexity index is 1290. The molecule has 0 aromatic heterocycles. The molecule has 0 saturated carbocycles. The summed E-state index contributed by atoms with van der Waals surface area (Å²) in [5.74, 6) is 1.72. The third-order valence-electron chi connectivity index (χ3n) is 7.16. The molecule has 190 valence electrons. The smallest absolute Gasteiger partial charge is 0.122 e. The van der Waals surface area contributed by atoms with Crippen LogP contribution in [0.5, 0.6) is 11.5 Å². The van der Waals surface area contributed by atoms with Crippen molar-refractivity contribution >= 4 is 0 Å². The van der Waals surface area contributed by atoms with Gasteiger partial charge in [-0.1, -0.05) is 84.9 Å². The summed E-state index contributed by atoms with van der Waals surface area (Å²) < 4.78 is 11.5. The Morgan fingerprint density at radius 3 is 2.51 bits per heavy atom. The molecule has 4 aromatic rings. The quantitative estimate of drug-likeness (QED) is 0.300. The van der Waals surface area contributed by atoms with E-state index < -0.39 is 6.10 Å². The number of ether oxygens (including phenoxy) is 2. The molecular weight excluding hydrogens is 458 g/mol. The topological polar surface area (TPSA) is 41.9 Å². The van der Waals surface area contributed by atoms with E-state index in [0.717, 1.165) is 42.9 Å². The molecule has 1 heterocycles. The number of aliphatic hydroxyl groups excluding tert-OH is 1. The van der Waals surface area contributed by atoms with E-state index in [0.29, 0.717) is 6.54 Å². The van der Waals surface area contributed by atoms with E-state index in [-0.39, 0.29) is 12.6 Å². The van der Waals surface area contributed by atoms with Crippen LogP contribution in [-0.4, -0.2) is 42.9 Å². The van der Waals surface area contributed by atoms with E-state index >= 15 is 0 Å². The first-order valence-corrected chi connectivity index (χ1v) is 13.1. The van der Waals surface area contributed by atoms with E-state index in [4.69, 9.17) is 9.47 Å². The number of rotatable bonds is 10. The molecule has 4 aromatic carbocycles. The van der Waals surface area contributed by atoms with Gasteiger partial charge in [0, 0.05) is 13.1 Å². The summed E-state index contributed by atoms with van der Waals surface area (Å²) in [6.45, 7) is 1.72. The molecule has 0 saturated heterocycles. The molecule has 4 nitrogen and oxygen atoms in total. The lowest BCUT2D eigenvalue weighted by molar-refractivity contribution is 0.0551. The zero-order valence-electron chi connectivity index (χ0n) is 21.4. The van der Waals surface area contributed by atoms with Crippen LogP contribution < -0.4 is 9.47 Å². The van der Waals surface area contributed by atoms with Crippen molar-refractivity contribution in [2.75, 3.05) is 26.8 Å². The van der Waals surface area contributed by atoms with Crippen LogP contribution in [-0.2, 0) is 19.3 Å². The standard InChI is InChI=1S/C33H35NO3/c1-36-30-15-9-10-25(22-30)18-19-27-12-6-8-17-32(27)37-24-29(35)23-34-21-20-26-11-5-7-16-31(26)33(34)28-13-3-2-4-14-28/h2-17,22,29,33,35H,18-21,23-24H2,1H3/t29?,33-/m0/s1. The predicted octanol–water partition coefficient (Wildman–Crippen LogP) is 5.87. The average Bonchev–Trinajstić information content (AvgIpc) is 2.96. The minimum Gasteiger partial charge on any atom is -0.497 e. The van der Waals surface area contributed by atoms with Gasteiger partial charge in [-0.25, -0.2) is 0 Å². The lowest BCUT2D eigenvalue weighted by Gasteiger charge is -2.38. The van der Waals surface area contributed by atoms with Crippen molar-refractivity contribution in [2.45, 2.75) is 31.4 Å². The summed E-state index contributed by atoms with van der Waals surface area (Å²) in [5.41, 5.74) is 6.35. The largest absolute Gasteiger partial charge is 0.497 e. The van der Waals surface area contributed by atoms with Gasteiger partial charge in [0.2, 0.25) is 0 Å². The van der Waals surface area contributed by atoms with Crippen molar-refractivity contribution < 1.29 is 14.6 Å². The number of hydrogen-bond donors (Lipinski definition) is 1. The number of aryl methyl sites for hydroxylation is 2. The molecule has 0 bridgehead atoms. The van der Waals surface area contributed by atoms with Gasteiger partial charge >= 0.3 is 0 Å². The van der Waals surface area contributed by atoms with Crippen LogP contribution in [0.4, 0.5) is 0 Å². The van der Waals surface area contributed by atoms with E-state index in [9.17, 15) is 5.11 Å². The lowest BCUT2D eigenvalue weighted by atomic mass is 9.88. The number of fused-ring (bicyclic) bond motifs is 1. The van der Waals surface area contributed by atoms with Crippen LogP contribution in [0.25, 0.3) is 0 Å². The summed E-state index contributed by atoms with van der Waals surface area (Å²) in [5, 5.41) is 11.1. The maximum Gasteiger partial charge on any atom is 0.122 e. The van der Waals surface area contributed by atoms with E-state index in [1.165, 1.54) is 22.3 Å². The molecule has 0 spiro atoms. The molecule has 0 radical (unpaired) electrons. The van der Waals surface area contributed by atoms with Crippen LogP contribution >= 0.6 is 0 Å². The summed E-state index contributed by atoms with van der Waals surface area (Å²) in [4.78, 5) is 2.39. The molecular formula is C33H35NO3. The van der Waals surface area contributed by atoms with E-state index in [1.54, 1.807) is 7.11 Å². The van der Waals surface area contributed by atoms with Crippen molar-refractivity contribution in [3.8, 4) is 11.5 Å². The maximum atomic E-state index is 11.1. The fraction of sp³-hybridized carbons (Fsp3) is 0.273. The third kappa shape index (κ3) is 6.22. The van der Waals surface area contributed by atoms with Gasteiger partial charge in [-0.2, -0.15) is 0 Å². The van der Waals surface area contributed by atoms with Crippen molar-refractivity contribution in [3.05, 3.63) is 131 Å². The first-order valence-electron chi connectivity index (χ1n) is 13.1. The monoisotopic (exact) mass is 493 g/mol. The zero-order valence-corrected chi connectivity index (χ0v) is 21.4. The number of benzene rings is 4. The Labute approximate surface area is 220 Å². The number of para-hydroxylation sites is 1. The summed E-state index contributed by atoms with van der Waals surface area (Å²) in [6.07, 6.45) is 2.15. The molecule has 37 heavy (non-hydrogen) atoms. The maximum absolute atomic E-state index is 11.1. The van der Waals surface area contributed by atoms with E-state index in [1.807, 2.05) is 30.3 Å². The molecule has 0 fully saturated rings. The van der Waals surface area contributed by atoms with Gasteiger partial charge in [0.25, 0.3) is 0 Å². The molecule has 1 aliphatic heterocycles. The summed E-state index contributed by atoms with van der Waals surface area (Å²) in [7, 11) is 1.69. The third-order valence-corrected chi connectivity index (χ3v) is 7.16. The van der Waals surface area contributed by atoms with E-state index in [2.05, 4.69) is 77.7 Å². The van der Waals surface area contributed by atoms with Crippen molar-refractivity contribution in [3.63, 3.8) is 0 Å². The Balaban J connectivity index is 1.23. The summed E-state index contributed by atoms with van der Waals surface area (Å²) >= 11 is 0. The Kier molecular flexibility index (Phi) is 8.19. The Morgan fingerprint density at radius 2 is 1.65 bits per heavy atom. The molecule has 1 N–H and O–H groups in total. The molecule has 5 rings (SSSR count). The van der Waals surface area contributed by atoms with Crippen LogP contribution in [0.2, 0.25) is 0 Å². The molecule has 0 amide bonds. The highest BCUT2D eigenvalue weighted by Gasteiger charge is 2.29. The van der Waals surface area contributed by atoms with Crippen LogP contribution in [0.3, 0.4) is 0 Å².